The molecule has 4 heteroatoms. The Morgan fingerprint density at radius 1 is 1.44 bits per heavy atom. The molecule has 1 aromatic carbocycles. The molecule has 1 aliphatic rings. The zero-order chi connectivity index (χ0) is 13.1. The molecule has 0 radical (unpaired) electrons. The normalized spacial score (nSPS) is 16.7. The molecular weight excluding hydrogens is 226 g/mol. The number of likely N-dealkylation sites (N-methyl/N-ethyl adjacent to an activating group) is 1. The van der Waals surface area contributed by atoms with E-state index in [4.69, 9.17) is 10.5 Å². The van der Waals surface area contributed by atoms with Crippen LogP contribution in [0.25, 0.3) is 0 Å². The molecule has 18 heavy (non-hydrogen) atoms. The van der Waals surface area contributed by atoms with Gasteiger partial charge in [-0.3, -0.25) is 4.90 Å². The Morgan fingerprint density at radius 3 is 2.78 bits per heavy atom. The summed E-state index contributed by atoms with van der Waals surface area (Å²) in [7, 11) is 3.85. The van der Waals surface area contributed by atoms with E-state index in [2.05, 4.69) is 24.2 Å². The van der Waals surface area contributed by atoms with Crippen LogP contribution in [-0.4, -0.2) is 37.7 Å². The monoisotopic (exact) mass is 249 g/mol. The van der Waals surface area contributed by atoms with Crippen LogP contribution < -0.4 is 15.8 Å². The molecule has 0 bridgehead atoms. The van der Waals surface area contributed by atoms with Crippen molar-refractivity contribution in [2.75, 3.05) is 31.8 Å². The fourth-order valence-electron chi connectivity index (χ4n) is 2.09. The molecule has 0 aliphatic heterocycles. The molecule has 1 aromatic rings. The van der Waals surface area contributed by atoms with E-state index < -0.39 is 0 Å². The number of rotatable bonds is 6. The van der Waals surface area contributed by atoms with Gasteiger partial charge in [-0.25, -0.2) is 0 Å². The number of ether oxygens (including phenoxy) is 1. The number of benzene rings is 1. The van der Waals surface area contributed by atoms with Crippen molar-refractivity contribution in [3.05, 3.63) is 18.2 Å². The second-order valence-electron chi connectivity index (χ2n) is 5.12. The minimum Gasteiger partial charge on any atom is -0.497 e. The molecule has 0 heterocycles. The van der Waals surface area contributed by atoms with Crippen molar-refractivity contribution < 1.29 is 4.74 Å². The van der Waals surface area contributed by atoms with Crippen molar-refractivity contribution in [2.24, 2.45) is 0 Å². The van der Waals surface area contributed by atoms with Gasteiger partial charge in [-0.15, -0.1) is 0 Å². The lowest BCUT2D eigenvalue weighted by molar-refractivity contribution is 0.257. The molecule has 0 amide bonds. The van der Waals surface area contributed by atoms with Gasteiger partial charge < -0.3 is 15.8 Å². The van der Waals surface area contributed by atoms with Gasteiger partial charge in [0.05, 0.1) is 7.11 Å². The standard InChI is InChI=1S/C14H23N3O/c1-10(17(2)13-4-5-13)9-16-12-6-11(15)7-14(8-12)18-3/h6-8,10,13,16H,4-5,9,15H2,1-3H3. The molecule has 3 N–H and O–H groups in total. The average Bonchev–Trinajstić information content (AvgIpc) is 3.18. The molecule has 0 spiro atoms. The summed E-state index contributed by atoms with van der Waals surface area (Å²) in [6.07, 6.45) is 2.68. The molecular formula is C14H23N3O. The maximum atomic E-state index is 5.83. The van der Waals surface area contributed by atoms with Crippen LogP contribution in [0.15, 0.2) is 18.2 Å². The summed E-state index contributed by atoms with van der Waals surface area (Å²) in [5, 5.41) is 3.42. The lowest BCUT2D eigenvalue weighted by Gasteiger charge is -2.25. The molecule has 1 saturated carbocycles. The number of nitrogens with one attached hydrogen (secondary N) is 1. The van der Waals surface area contributed by atoms with Gasteiger partial charge in [-0.05, 0) is 32.9 Å². The predicted octanol–water partition coefficient (Wildman–Crippen LogP) is 2.17. The van der Waals surface area contributed by atoms with E-state index in [-0.39, 0.29) is 0 Å². The molecule has 1 unspecified atom stereocenters. The SMILES string of the molecule is COc1cc(N)cc(NCC(C)N(C)C2CC2)c1. The topological polar surface area (TPSA) is 50.5 Å². The van der Waals surface area contributed by atoms with Gasteiger partial charge in [0.2, 0.25) is 0 Å². The van der Waals surface area contributed by atoms with Crippen molar-refractivity contribution in [3.63, 3.8) is 0 Å². The van der Waals surface area contributed by atoms with Crippen LogP contribution in [0.1, 0.15) is 19.8 Å². The number of methoxy groups -OCH3 is 1. The van der Waals surface area contributed by atoms with Crippen LogP contribution in [0.3, 0.4) is 0 Å². The highest BCUT2D eigenvalue weighted by molar-refractivity contribution is 5.59. The Labute approximate surface area is 109 Å². The van der Waals surface area contributed by atoms with Crippen molar-refractivity contribution in [1.82, 2.24) is 4.90 Å². The lowest BCUT2D eigenvalue weighted by atomic mass is 10.2. The zero-order valence-corrected chi connectivity index (χ0v) is 11.4. The minimum atomic E-state index is 0.518. The van der Waals surface area contributed by atoms with Crippen LogP contribution in [0, 0.1) is 0 Å². The molecule has 2 rings (SSSR count). The first-order chi connectivity index (χ1) is 8.60. The molecule has 100 valence electrons. The Hall–Kier alpha value is -1.42. The third-order valence-corrected chi connectivity index (χ3v) is 3.58. The highest BCUT2D eigenvalue weighted by Gasteiger charge is 2.28. The average molecular weight is 249 g/mol. The maximum Gasteiger partial charge on any atom is 0.122 e. The fraction of sp³-hybridized carbons (Fsp3) is 0.571. The van der Waals surface area contributed by atoms with Crippen molar-refractivity contribution in [3.8, 4) is 5.75 Å². The third kappa shape index (κ3) is 3.29. The van der Waals surface area contributed by atoms with Gasteiger partial charge in [-0.2, -0.15) is 0 Å². The summed E-state index contributed by atoms with van der Waals surface area (Å²) in [5.74, 6) is 0.792. The van der Waals surface area contributed by atoms with E-state index in [1.807, 2.05) is 18.2 Å². The molecule has 0 saturated heterocycles. The lowest BCUT2D eigenvalue weighted by Crippen LogP contribution is -2.36. The van der Waals surface area contributed by atoms with E-state index in [9.17, 15) is 0 Å². The maximum absolute atomic E-state index is 5.83. The van der Waals surface area contributed by atoms with Gasteiger partial charge in [0.25, 0.3) is 0 Å². The minimum absolute atomic E-state index is 0.518. The molecule has 0 aromatic heterocycles. The zero-order valence-electron chi connectivity index (χ0n) is 11.4. The number of nitrogens with two attached hydrogens (primary N) is 1. The van der Waals surface area contributed by atoms with Crippen LogP contribution in [0.4, 0.5) is 11.4 Å². The van der Waals surface area contributed by atoms with Crippen LogP contribution in [-0.2, 0) is 0 Å². The van der Waals surface area contributed by atoms with Gasteiger partial charge in [-0.1, -0.05) is 0 Å². The highest BCUT2D eigenvalue weighted by atomic mass is 16.5. The summed E-state index contributed by atoms with van der Waals surface area (Å²) in [6, 6.07) is 7.04. The second kappa shape index (κ2) is 5.48. The fourth-order valence-corrected chi connectivity index (χ4v) is 2.09. The quantitative estimate of drug-likeness (QED) is 0.759. The van der Waals surface area contributed by atoms with Gasteiger partial charge in [0, 0.05) is 42.1 Å². The smallest absolute Gasteiger partial charge is 0.122 e. The van der Waals surface area contributed by atoms with E-state index in [1.165, 1.54) is 12.8 Å². The first kappa shape index (κ1) is 13.0. The van der Waals surface area contributed by atoms with Crippen molar-refractivity contribution in [1.29, 1.82) is 0 Å². The summed E-state index contributed by atoms with van der Waals surface area (Å²) in [4.78, 5) is 2.44. The highest BCUT2D eigenvalue weighted by Crippen LogP contribution is 2.27. The molecule has 1 aliphatic carbocycles. The summed E-state index contributed by atoms with van der Waals surface area (Å²) in [6.45, 7) is 3.16. The van der Waals surface area contributed by atoms with E-state index in [0.717, 1.165) is 29.7 Å². The Balaban J connectivity index is 1.90. The first-order valence-corrected chi connectivity index (χ1v) is 6.50. The summed E-state index contributed by atoms with van der Waals surface area (Å²) < 4.78 is 5.21. The number of anilines is 2. The Bertz CT molecular complexity index is 404. The van der Waals surface area contributed by atoms with Crippen LogP contribution in [0.2, 0.25) is 0 Å². The first-order valence-electron chi connectivity index (χ1n) is 6.50. The van der Waals surface area contributed by atoms with Crippen molar-refractivity contribution >= 4 is 11.4 Å². The molecule has 4 nitrogen and oxygen atoms in total. The number of nitrogen functional groups attached to an aromatic ring is 1. The second-order valence-corrected chi connectivity index (χ2v) is 5.12. The molecule has 1 atom stereocenters. The number of hydrogen-bond donors (Lipinski definition) is 2. The summed E-state index contributed by atoms with van der Waals surface area (Å²) in [5.41, 5.74) is 7.57. The van der Waals surface area contributed by atoms with Gasteiger partial charge in [0.1, 0.15) is 5.75 Å². The van der Waals surface area contributed by atoms with Crippen molar-refractivity contribution in [2.45, 2.75) is 31.8 Å². The summed E-state index contributed by atoms with van der Waals surface area (Å²) >= 11 is 0. The van der Waals surface area contributed by atoms with E-state index >= 15 is 0 Å². The third-order valence-electron chi connectivity index (χ3n) is 3.58. The van der Waals surface area contributed by atoms with Gasteiger partial charge in [0.15, 0.2) is 0 Å². The van der Waals surface area contributed by atoms with Gasteiger partial charge >= 0.3 is 0 Å². The Morgan fingerprint density at radius 2 is 2.17 bits per heavy atom. The Kier molecular flexibility index (Phi) is 3.97. The predicted molar refractivity (Wildman–Crippen MR) is 76.1 cm³/mol. The largest absolute Gasteiger partial charge is 0.497 e. The number of hydrogen-bond acceptors (Lipinski definition) is 4. The number of nitrogens with zero attached hydrogens (tertiary/aromatic N) is 1. The molecule has 1 fully saturated rings. The van der Waals surface area contributed by atoms with Crippen LogP contribution >= 0.6 is 0 Å². The van der Waals surface area contributed by atoms with Crippen LogP contribution in [0.5, 0.6) is 5.75 Å². The van der Waals surface area contributed by atoms with E-state index in [1.54, 1.807) is 7.11 Å². The van der Waals surface area contributed by atoms with E-state index in [0.29, 0.717) is 6.04 Å².